The number of rotatable bonds is 5. The summed E-state index contributed by atoms with van der Waals surface area (Å²) in [6, 6.07) is 25.1. The van der Waals surface area contributed by atoms with E-state index in [-0.39, 0.29) is 12.1 Å². The number of benzene rings is 2. The average Bonchev–Trinajstić information content (AvgIpc) is 3.30. The molecule has 1 unspecified atom stereocenters. The van der Waals surface area contributed by atoms with E-state index in [4.69, 9.17) is 0 Å². The Kier molecular flexibility index (Phi) is 5.49. The summed E-state index contributed by atoms with van der Waals surface area (Å²) in [5, 5.41) is 6.18. The Labute approximate surface area is 187 Å². The molecule has 2 aromatic heterocycles. The van der Waals surface area contributed by atoms with Crippen molar-refractivity contribution >= 4 is 17.5 Å². The zero-order chi connectivity index (χ0) is 21.8. The molecule has 4 aromatic rings. The number of urea groups is 1. The third-order valence-corrected chi connectivity index (χ3v) is 5.63. The van der Waals surface area contributed by atoms with Gasteiger partial charge < -0.3 is 15.5 Å². The zero-order valence-electron chi connectivity index (χ0n) is 17.5. The topological polar surface area (TPSA) is 70.2 Å². The highest BCUT2D eigenvalue weighted by molar-refractivity contribution is 5.91. The summed E-state index contributed by atoms with van der Waals surface area (Å²) in [4.78, 5) is 23.9. The molecule has 0 fully saturated rings. The van der Waals surface area contributed by atoms with Gasteiger partial charge in [-0.1, -0.05) is 54.6 Å². The van der Waals surface area contributed by atoms with Crippen molar-refractivity contribution in [2.75, 3.05) is 10.2 Å². The van der Waals surface area contributed by atoms with Crippen molar-refractivity contribution in [3.8, 4) is 0 Å². The highest BCUT2D eigenvalue weighted by Gasteiger charge is 2.24. The Morgan fingerprint density at radius 2 is 1.69 bits per heavy atom. The molecule has 1 aliphatic rings. The van der Waals surface area contributed by atoms with E-state index >= 15 is 0 Å². The lowest BCUT2D eigenvalue weighted by Crippen LogP contribution is -2.33. The second kappa shape index (κ2) is 8.89. The third kappa shape index (κ3) is 4.16. The molecule has 2 N–H and O–H groups in total. The fourth-order valence-corrected chi connectivity index (χ4v) is 4.08. The van der Waals surface area contributed by atoms with Crippen LogP contribution in [0.2, 0.25) is 0 Å². The van der Waals surface area contributed by atoms with Gasteiger partial charge in [-0.2, -0.15) is 0 Å². The lowest BCUT2D eigenvalue weighted by atomic mass is 10.0. The smallest absolute Gasteiger partial charge is 0.320 e. The van der Waals surface area contributed by atoms with Crippen LogP contribution in [0.1, 0.15) is 28.3 Å². The number of hydrogen-bond acceptors (Lipinski definition) is 4. The molecular weight excluding hydrogens is 398 g/mol. The zero-order valence-corrected chi connectivity index (χ0v) is 17.5. The monoisotopic (exact) mass is 421 g/mol. The summed E-state index contributed by atoms with van der Waals surface area (Å²) in [5.41, 5.74) is 5.05. The summed E-state index contributed by atoms with van der Waals surface area (Å²) in [6.45, 7) is 1.47. The number of nitrogens with zero attached hydrogens (tertiary/aromatic N) is 3. The van der Waals surface area contributed by atoms with E-state index in [1.807, 2.05) is 72.8 Å². The number of carbonyl (C=O) groups is 1. The lowest BCUT2D eigenvalue weighted by Gasteiger charge is -2.20. The first-order chi connectivity index (χ1) is 15.8. The van der Waals surface area contributed by atoms with Crippen LogP contribution < -0.4 is 15.5 Å². The fourth-order valence-electron chi connectivity index (χ4n) is 4.08. The first kappa shape index (κ1) is 19.8. The largest absolute Gasteiger partial charge is 0.348 e. The number of anilines is 2. The van der Waals surface area contributed by atoms with Gasteiger partial charge in [-0.05, 0) is 41.0 Å². The van der Waals surface area contributed by atoms with Gasteiger partial charge in [0.1, 0.15) is 5.82 Å². The van der Waals surface area contributed by atoms with Crippen LogP contribution in [-0.2, 0) is 13.1 Å². The average molecular weight is 422 g/mol. The minimum atomic E-state index is -0.299. The number of carbonyl (C=O) groups excluding carboxylic acids is 1. The summed E-state index contributed by atoms with van der Waals surface area (Å²) >= 11 is 0. The molecule has 1 aliphatic heterocycles. The van der Waals surface area contributed by atoms with E-state index in [9.17, 15) is 4.79 Å². The van der Waals surface area contributed by atoms with E-state index in [0.717, 1.165) is 34.7 Å². The van der Waals surface area contributed by atoms with Gasteiger partial charge in [0.05, 0.1) is 6.04 Å². The van der Waals surface area contributed by atoms with E-state index < -0.39 is 0 Å². The SMILES string of the molecule is O=C(Nc1cccc2c1CN(c1ccccn1)C2)NC(c1ccccc1)c1cccnc1. The van der Waals surface area contributed by atoms with Gasteiger partial charge in [0.25, 0.3) is 0 Å². The van der Waals surface area contributed by atoms with Crippen molar-refractivity contribution in [2.45, 2.75) is 19.1 Å². The predicted octanol–water partition coefficient (Wildman–Crippen LogP) is 4.91. The molecule has 0 saturated carbocycles. The molecule has 2 amide bonds. The molecule has 0 saturated heterocycles. The first-order valence-electron chi connectivity index (χ1n) is 10.6. The minimum Gasteiger partial charge on any atom is -0.348 e. The number of amides is 2. The summed E-state index contributed by atoms with van der Waals surface area (Å²) < 4.78 is 0. The third-order valence-electron chi connectivity index (χ3n) is 5.63. The van der Waals surface area contributed by atoms with Crippen LogP contribution in [0.4, 0.5) is 16.3 Å². The number of pyridine rings is 2. The van der Waals surface area contributed by atoms with Gasteiger partial charge >= 0.3 is 6.03 Å². The highest BCUT2D eigenvalue weighted by Crippen LogP contribution is 2.32. The van der Waals surface area contributed by atoms with Crippen LogP contribution in [-0.4, -0.2) is 16.0 Å². The van der Waals surface area contributed by atoms with Gasteiger partial charge in [-0.15, -0.1) is 0 Å². The highest BCUT2D eigenvalue weighted by atomic mass is 16.2. The molecule has 0 radical (unpaired) electrons. The van der Waals surface area contributed by atoms with Gasteiger partial charge in [0.15, 0.2) is 0 Å². The molecule has 1 atom stereocenters. The lowest BCUT2D eigenvalue weighted by molar-refractivity contribution is 0.250. The minimum absolute atomic E-state index is 0.257. The van der Waals surface area contributed by atoms with E-state index in [1.54, 1.807) is 18.6 Å². The van der Waals surface area contributed by atoms with Crippen molar-refractivity contribution < 1.29 is 4.79 Å². The van der Waals surface area contributed by atoms with Crippen LogP contribution in [0.15, 0.2) is 97.5 Å². The predicted molar refractivity (Wildman–Crippen MR) is 125 cm³/mol. The van der Waals surface area contributed by atoms with Crippen molar-refractivity contribution in [1.29, 1.82) is 0 Å². The van der Waals surface area contributed by atoms with Gasteiger partial charge in [-0.25, -0.2) is 9.78 Å². The van der Waals surface area contributed by atoms with Crippen LogP contribution in [0.25, 0.3) is 0 Å². The van der Waals surface area contributed by atoms with Crippen molar-refractivity contribution in [1.82, 2.24) is 15.3 Å². The van der Waals surface area contributed by atoms with E-state index in [0.29, 0.717) is 6.54 Å². The standard InChI is InChI=1S/C26H23N5O/c32-26(30-25(19-8-2-1-3-9-19)20-11-7-14-27-16-20)29-23-12-6-10-21-17-31(18-22(21)23)24-13-4-5-15-28-24/h1-16,25H,17-18H2,(H2,29,30,32). The molecular formula is C26H23N5O. The Morgan fingerprint density at radius 1 is 0.844 bits per heavy atom. The maximum Gasteiger partial charge on any atom is 0.320 e. The van der Waals surface area contributed by atoms with Crippen molar-refractivity contribution in [3.63, 3.8) is 0 Å². The second-order valence-electron chi connectivity index (χ2n) is 7.72. The Bertz CT molecular complexity index is 1160. The van der Waals surface area contributed by atoms with Crippen molar-refractivity contribution in [2.24, 2.45) is 0 Å². The molecule has 2 aromatic carbocycles. The number of aromatic nitrogens is 2. The Balaban J connectivity index is 1.35. The first-order valence-corrected chi connectivity index (χ1v) is 10.6. The molecule has 158 valence electrons. The number of hydrogen-bond donors (Lipinski definition) is 2. The molecule has 6 nitrogen and oxygen atoms in total. The maximum absolute atomic E-state index is 13.1. The van der Waals surface area contributed by atoms with Crippen molar-refractivity contribution in [3.05, 3.63) is 120 Å². The van der Waals surface area contributed by atoms with Gasteiger partial charge in [-0.3, -0.25) is 4.98 Å². The van der Waals surface area contributed by atoms with Crippen LogP contribution in [0.5, 0.6) is 0 Å². The van der Waals surface area contributed by atoms with Gasteiger partial charge in [0, 0.05) is 42.9 Å². The Hall–Kier alpha value is -4.19. The molecule has 0 aliphatic carbocycles. The quantitative estimate of drug-likeness (QED) is 0.480. The molecule has 32 heavy (non-hydrogen) atoms. The normalized spacial score (nSPS) is 13.3. The second-order valence-corrected chi connectivity index (χ2v) is 7.72. The molecule has 0 bridgehead atoms. The number of fused-ring (bicyclic) bond motifs is 1. The van der Waals surface area contributed by atoms with Crippen LogP contribution >= 0.6 is 0 Å². The fraction of sp³-hybridized carbons (Fsp3) is 0.115. The van der Waals surface area contributed by atoms with E-state index in [1.165, 1.54) is 5.56 Å². The van der Waals surface area contributed by atoms with Crippen LogP contribution in [0, 0.1) is 0 Å². The molecule has 6 heteroatoms. The Morgan fingerprint density at radius 3 is 2.47 bits per heavy atom. The van der Waals surface area contributed by atoms with E-state index in [2.05, 4.69) is 31.6 Å². The molecule has 5 rings (SSSR count). The van der Waals surface area contributed by atoms with Gasteiger partial charge in [0.2, 0.25) is 0 Å². The summed E-state index contributed by atoms with van der Waals surface area (Å²) in [5.74, 6) is 0.930. The summed E-state index contributed by atoms with van der Waals surface area (Å²) in [7, 11) is 0. The molecule has 0 spiro atoms. The number of nitrogens with one attached hydrogen (secondary N) is 2. The van der Waals surface area contributed by atoms with Crippen LogP contribution in [0.3, 0.4) is 0 Å². The molecule has 3 heterocycles. The summed E-state index contributed by atoms with van der Waals surface area (Å²) in [6.07, 6.45) is 5.31. The maximum atomic E-state index is 13.1.